The van der Waals surface area contributed by atoms with E-state index in [0.29, 0.717) is 34.5 Å². The number of benzene rings is 1. The molecule has 9 nitrogen and oxygen atoms in total. The molecule has 0 aliphatic carbocycles. The molecule has 1 aromatic carbocycles. The van der Waals surface area contributed by atoms with E-state index in [0.717, 1.165) is 67.3 Å². The monoisotopic (exact) mass is 527 g/mol. The molecule has 37 heavy (non-hydrogen) atoms. The Hall–Kier alpha value is -2.72. The molecule has 2 N–H and O–H groups in total. The van der Waals surface area contributed by atoms with Crippen molar-refractivity contribution in [2.24, 2.45) is 0 Å². The molecule has 1 spiro atoms. The van der Waals surface area contributed by atoms with Gasteiger partial charge in [0.25, 0.3) is 0 Å². The van der Waals surface area contributed by atoms with Gasteiger partial charge in [-0.05, 0) is 65.3 Å². The Morgan fingerprint density at radius 2 is 2.08 bits per heavy atom. The second-order valence-corrected chi connectivity index (χ2v) is 10.4. The van der Waals surface area contributed by atoms with Crippen LogP contribution in [0, 0.1) is 20.8 Å². The Morgan fingerprint density at radius 1 is 1.24 bits per heavy atom. The first-order valence-corrected chi connectivity index (χ1v) is 13.1. The van der Waals surface area contributed by atoms with Crippen molar-refractivity contribution in [3.05, 3.63) is 40.2 Å². The molecule has 0 radical (unpaired) electrons. The van der Waals surface area contributed by atoms with Crippen molar-refractivity contribution in [2.45, 2.75) is 51.7 Å². The first kappa shape index (κ1) is 25.9. The molecular formula is C27H34ClN5O4. The quantitative estimate of drug-likeness (QED) is 0.448. The Balaban J connectivity index is 1.57. The number of likely N-dealkylation sites (N-methyl/N-ethyl adjacent to an activating group) is 1. The number of hydrogen-bond acceptors (Lipinski definition) is 9. The van der Waals surface area contributed by atoms with E-state index >= 15 is 0 Å². The van der Waals surface area contributed by atoms with Gasteiger partial charge in [0.2, 0.25) is 0 Å². The standard InChI is InChI=1S/C27H34ClN5O4/c1-16-24(23-17(2)32-37-18(23)3)30-25(31-26(16)33-10-9-27(15-33)8-5-11-36-27)21-12-20(6-7-22(21)28)35-14-19(34)13-29-4/h6-7,12,19,29,34H,5,8-11,13-15H2,1-4H3/t19-,27?/m1/s1. The summed E-state index contributed by atoms with van der Waals surface area (Å²) in [5.41, 5.74) is 3.94. The van der Waals surface area contributed by atoms with E-state index in [2.05, 4.69) is 15.4 Å². The molecule has 4 heterocycles. The summed E-state index contributed by atoms with van der Waals surface area (Å²) in [6.45, 7) is 8.93. The maximum absolute atomic E-state index is 10.1. The third kappa shape index (κ3) is 5.18. The van der Waals surface area contributed by atoms with Crippen LogP contribution in [0.2, 0.25) is 5.02 Å². The summed E-state index contributed by atoms with van der Waals surface area (Å²) >= 11 is 6.67. The molecule has 1 unspecified atom stereocenters. The number of ether oxygens (including phenoxy) is 2. The van der Waals surface area contributed by atoms with Crippen LogP contribution in [-0.4, -0.2) is 71.8 Å². The Morgan fingerprint density at radius 3 is 2.78 bits per heavy atom. The predicted molar refractivity (Wildman–Crippen MR) is 142 cm³/mol. The summed E-state index contributed by atoms with van der Waals surface area (Å²) in [5.74, 6) is 2.64. The highest BCUT2D eigenvalue weighted by molar-refractivity contribution is 6.33. The molecule has 2 aromatic heterocycles. The van der Waals surface area contributed by atoms with Crippen molar-refractivity contribution in [3.8, 4) is 28.4 Å². The zero-order valence-corrected chi connectivity index (χ0v) is 22.6. The van der Waals surface area contributed by atoms with Crippen molar-refractivity contribution in [1.82, 2.24) is 20.4 Å². The third-order valence-corrected chi connectivity index (χ3v) is 7.58. The molecule has 2 atom stereocenters. The molecule has 0 saturated carbocycles. The van der Waals surface area contributed by atoms with E-state index in [1.165, 1.54) is 0 Å². The van der Waals surface area contributed by atoms with E-state index in [1.807, 2.05) is 26.8 Å². The number of halogens is 1. The van der Waals surface area contributed by atoms with Crippen molar-refractivity contribution in [1.29, 1.82) is 0 Å². The van der Waals surface area contributed by atoms with Crippen LogP contribution in [-0.2, 0) is 4.74 Å². The van der Waals surface area contributed by atoms with E-state index < -0.39 is 6.10 Å². The van der Waals surface area contributed by atoms with Gasteiger partial charge in [0.1, 0.15) is 30.0 Å². The maximum Gasteiger partial charge on any atom is 0.163 e. The van der Waals surface area contributed by atoms with Crippen molar-refractivity contribution < 1.29 is 19.1 Å². The summed E-state index contributed by atoms with van der Waals surface area (Å²) in [6, 6.07) is 5.38. The molecule has 0 amide bonds. The van der Waals surface area contributed by atoms with E-state index in [9.17, 15) is 5.11 Å². The number of nitrogens with one attached hydrogen (secondary N) is 1. The zero-order valence-electron chi connectivity index (χ0n) is 21.8. The van der Waals surface area contributed by atoms with Crippen LogP contribution in [0.25, 0.3) is 22.6 Å². The van der Waals surface area contributed by atoms with Gasteiger partial charge in [0, 0.05) is 37.4 Å². The van der Waals surface area contributed by atoms with Crippen LogP contribution in [0.15, 0.2) is 22.7 Å². The second-order valence-electron chi connectivity index (χ2n) is 10.0. The van der Waals surface area contributed by atoms with Gasteiger partial charge in [0.05, 0.1) is 27.6 Å². The van der Waals surface area contributed by atoms with Crippen molar-refractivity contribution >= 4 is 17.4 Å². The fourth-order valence-electron chi connectivity index (χ4n) is 5.35. The van der Waals surface area contributed by atoms with E-state index in [4.69, 9.17) is 35.6 Å². The fraction of sp³-hybridized carbons (Fsp3) is 0.519. The summed E-state index contributed by atoms with van der Waals surface area (Å²) in [6.07, 6.45) is 2.52. The van der Waals surface area contributed by atoms with Gasteiger partial charge >= 0.3 is 0 Å². The molecule has 10 heteroatoms. The average Bonchev–Trinajstić information content (AvgIpc) is 3.61. The van der Waals surface area contributed by atoms with Crippen LogP contribution < -0.4 is 15.0 Å². The van der Waals surface area contributed by atoms with Gasteiger partial charge in [0.15, 0.2) is 5.82 Å². The number of nitrogens with zero attached hydrogens (tertiary/aromatic N) is 4. The van der Waals surface area contributed by atoms with Crippen LogP contribution in [0.5, 0.6) is 5.75 Å². The molecule has 0 bridgehead atoms. The first-order chi connectivity index (χ1) is 17.8. The minimum Gasteiger partial charge on any atom is -0.491 e. The average molecular weight is 528 g/mol. The van der Waals surface area contributed by atoms with E-state index in [-0.39, 0.29) is 12.2 Å². The smallest absolute Gasteiger partial charge is 0.163 e. The number of aryl methyl sites for hydroxylation is 2. The number of aliphatic hydroxyl groups is 1. The summed E-state index contributed by atoms with van der Waals surface area (Å²) in [4.78, 5) is 12.3. The minimum atomic E-state index is -0.627. The lowest BCUT2D eigenvalue weighted by molar-refractivity contribution is 0.0231. The van der Waals surface area contributed by atoms with Crippen LogP contribution in [0.4, 0.5) is 5.82 Å². The van der Waals surface area contributed by atoms with E-state index in [1.54, 1.807) is 19.2 Å². The molecule has 3 aromatic rings. The lowest BCUT2D eigenvalue weighted by Crippen LogP contribution is -2.33. The minimum absolute atomic E-state index is 0.0969. The zero-order chi connectivity index (χ0) is 26.2. The molecule has 2 saturated heterocycles. The van der Waals surface area contributed by atoms with Crippen molar-refractivity contribution in [2.75, 3.05) is 44.8 Å². The highest BCUT2D eigenvalue weighted by atomic mass is 35.5. The topological polar surface area (TPSA) is 106 Å². The van der Waals surface area contributed by atoms with Gasteiger partial charge in [-0.2, -0.15) is 0 Å². The van der Waals surface area contributed by atoms with Gasteiger partial charge in [-0.15, -0.1) is 0 Å². The largest absolute Gasteiger partial charge is 0.491 e. The third-order valence-electron chi connectivity index (χ3n) is 7.25. The number of hydrogen-bond donors (Lipinski definition) is 2. The molecule has 198 valence electrons. The van der Waals surface area contributed by atoms with Crippen molar-refractivity contribution in [3.63, 3.8) is 0 Å². The normalized spacial score (nSPS) is 20.2. The van der Waals surface area contributed by atoms with Crippen LogP contribution in [0.3, 0.4) is 0 Å². The lowest BCUT2D eigenvalue weighted by atomic mass is 10.00. The molecule has 2 aliphatic heterocycles. The number of rotatable bonds is 8. The first-order valence-electron chi connectivity index (χ1n) is 12.8. The highest BCUT2D eigenvalue weighted by Gasteiger charge is 2.42. The highest BCUT2D eigenvalue weighted by Crippen LogP contribution is 2.41. The number of anilines is 1. The van der Waals surface area contributed by atoms with Crippen LogP contribution in [0.1, 0.15) is 36.3 Å². The molecule has 2 aliphatic rings. The summed E-state index contributed by atoms with van der Waals surface area (Å²) < 4.78 is 17.5. The molecule has 2 fully saturated rings. The predicted octanol–water partition coefficient (Wildman–Crippen LogP) is 4.10. The fourth-order valence-corrected chi connectivity index (χ4v) is 5.55. The summed E-state index contributed by atoms with van der Waals surface area (Å²) in [7, 11) is 1.79. The molecule has 5 rings (SSSR count). The Bertz CT molecular complexity index is 1250. The van der Waals surface area contributed by atoms with Gasteiger partial charge < -0.3 is 29.3 Å². The number of aromatic nitrogens is 3. The van der Waals surface area contributed by atoms with Gasteiger partial charge in [-0.1, -0.05) is 16.8 Å². The lowest BCUT2D eigenvalue weighted by Gasteiger charge is -2.25. The second kappa shape index (κ2) is 10.6. The Kier molecular flexibility index (Phi) is 7.40. The summed E-state index contributed by atoms with van der Waals surface area (Å²) in [5, 5.41) is 17.7. The van der Waals surface area contributed by atoms with Crippen LogP contribution >= 0.6 is 11.6 Å². The SMILES string of the molecule is CNC[C@@H](O)COc1ccc(Cl)c(-c2nc(-c3c(C)noc3C)c(C)c(N3CCC4(CCCO4)C3)n2)c1. The van der Waals surface area contributed by atoms with Gasteiger partial charge in [-0.3, -0.25) is 0 Å². The number of aliphatic hydroxyl groups excluding tert-OH is 1. The molecular weight excluding hydrogens is 494 g/mol. The Labute approximate surface area is 222 Å². The van der Waals surface area contributed by atoms with Gasteiger partial charge in [-0.25, -0.2) is 9.97 Å². The maximum atomic E-state index is 10.1.